The smallest absolute Gasteiger partial charge is 0.326 e. The van der Waals surface area contributed by atoms with E-state index in [0.717, 1.165) is 11.8 Å². The molecule has 0 spiro atoms. The van der Waals surface area contributed by atoms with Crippen molar-refractivity contribution in [3.63, 3.8) is 0 Å². The van der Waals surface area contributed by atoms with Crippen LogP contribution >= 0.6 is 23.1 Å². The summed E-state index contributed by atoms with van der Waals surface area (Å²) in [6, 6.07) is 2.55. The van der Waals surface area contributed by atoms with E-state index in [1.54, 1.807) is 17.5 Å². The van der Waals surface area contributed by atoms with Crippen LogP contribution in [0, 0.1) is 0 Å². The van der Waals surface area contributed by atoms with E-state index in [9.17, 15) is 19.2 Å². The summed E-state index contributed by atoms with van der Waals surface area (Å²) in [5, 5.41) is 9.85. The molecule has 1 aromatic rings. The standard InChI is InChI=1S/C15H17NO5S2/c1-9(17)23-12(14(19)11-5-3-7-22-11)8-13(18)16-6-2-4-10(16)15(20)21/h3,5,7,10,12H,2,4,6,8H2,1H3,(H,20,21)/t10-,12?/m0/s1. The lowest BCUT2D eigenvalue weighted by molar-refractivity contribution is -0.148. The van der Waals surface area contributed by atoms with Gasteiger partial charge in [-0.25, -0.2) is 4.79 Å². The van der Waals surface area contributed by atoms with E-state index in [1.165, 1.54) is 23.2 Å². The first kappa shape index (κ1) is 17.7. The molecule has 23 heavy (non-hydrogen) atoms. The molecular weight excluding hydrogens is 338 g/mol. The number of carbonyl (C=O) groups is 4. The molecular formula is C15H17NO5S2. The van der Waals surface area contributed by atoms with Crippen molar-refractivity contribution in [2.45, 2.75) is 37.5 Å². The second kappa shape index (κ2) is 7.74. The third-order valence-corrected chi connectivity index (χ3v) is 5.46. The van der Waals surface area contributed by atoms with E-state index < -0.39 is 23.2 Å². The van der Waals surface area contributed by atoms with E-state index in [0.29, 0.717) is 24.3 Å². The minimum absolute atomic E-state index is 0.162. The van der Waals surface area contributed by atoms with Crippen LogP contribution in [-0.2, 0) is 14.4 Å². The molecule has 1 aliphatic heterocycles. The summed E-state index contributed by atoms with van der Waals surface area (Å²) in [5.41, 5.74) is 0. The van der Waals surface area contributed by atoms with Crippen molar-refractivity contribution in [1.82, 2.24) is 4.90 Å². The third kappa shape index (κ3) is 4.42. The molecule has 0 aromatic carbocycles. The lowest BCUT2D eigenvalue weighted by Crippen LogP contribution is -2.42. The first-order valence-electron chi connectivity index (χ1n) is 7.17. The van der Waals surface area contributed by atoms with E-state index in [-0.39, 0.29) is 17.3 Å². The Kier molecular flexibility index (Phi) is 5.95. The molecule has 1 N–H and O–H groups in total. The summed E-state index contributed by atoms with van der Waals surface area (Å²) in [6.07, 6.45) is 0.890. The maximum Gasteiger partial charge on any atom is 0.326 e. The average Bonchev–Trinajstić information content (AvgIpc) is 3.16. The first-order chi connectivity index (χ1) is 10.9. The van der Waals surface area contributed by atoms with Crippen LogP contribution in [0.1, 0.15) is 35.9 Å². The number of Topliss-reactive ketones (excluding diaryl/α,β-unsaturated/α-hetero) is 1. The molecule has 0 saturated carbocycles. The summed E-state index contributed by atoms with van der Waals surface area (Å²) < 4.78 is 0. The zero-order chi connectivity index (χ0) is 17.0. The van der Waals surface area contributed by atoms with Crippen LogP contribution in [0.15, 0.2) is 17.5 Å². The minimum atomic E-state index is -1.03. The number of amides is 1. The zero-order valence-electron chi connectivity index (χ0n) is 12.6. The lowest BCUT2D eigenvalue weighted by atomic mass is 10.1. The number of likely N-dealkylation sites (tertiary alicyclic amines) is 1. The number of ketones is 1. The Balaban J connectivity index is 2.11. The van der Waals surface area contributed by atoms with E-state index in [2.05, 4.69) is 0 Å². The maximum atomic E-state index is 12.5. The van der Waals surface area contributed by atoms with Crippen LogP contribution in [-0.4, -0.2) is 50.6 Å². The Hall–Kier alpha value is -1.67. The lowest BCUT2D eigenvalue weighted by Gasteiger charge is -2.23. The molecule has 0 bridgehead atoms. The molecule has 124 valence electrons. The van der Waals surface area contributed by atoms with E-state index in [1.807, 2.05) is 0 Å². The number of rotatable bonds is 6. The predicted octanol–water partition coefficient (Wildman–Crippen LogP) is 2.04. The Bertz CT molecular complexity index is 613. The van der Waals surface area contributed by atoms with Crippen LogP contribution in [0.3, 0.4) is 0 Å². The SMILES string of the molecule is CC(=O)SC(CC(=O)N1CCC[C@H]1C(=O)O)C(=O)c1cccs1. The Morgan fingerprint density at radius 2 is 2.17 bits per heavy atom. The van der Waals surface area contributed by atoms with Gasteiger partial charge < -0.3 is 10.0 Å². The number of carboxylic acids is 1. The fourth-order valence-corrected chi connectivity index (χ4v) is 4.22. The third-order valence-electron chi connectivity index (χ3n) is 3.58. The van der Waals surface area contributed by atoms with Crippen molar-refractivity contribution in [1.29, 1.82) is 0 Å². The highest BCUT2D eigenvalue weighted by atomic mass is 32.2. The summed E-state index contributed by atoms with van der Waals surface area (Å²) in [6.45, 7) is 1.72. The number of hydrogen-bond acceptors (Lipinski definition) is 6. The maximum absolute atomic E-state index is 12.5. The van der Waals surface area contributed by atoms with Crippen molar-refractivity contribution in [2.75, 3.05) is 6.54 Å². The van der Waals surface area contributed by atoms with Gasteiger partial charge in [-0.3, -0.25) is 14.4 Å². The number of nitrogens with zero attached hydrogens (tertiary/aromatic N) is 1. The summed E-state index contributed by atoms with van der Waals surface area (Å²) >= 11 is 2.08. The molecule has 1 aliphatic rings. The molecule has 1 unspecified atom stereocenters. The molecule has 0 aliphatic carbocycles. The van der Waals surface area contributed by atoms with Gasteiger partial charge in [0.2, 0.25) is 5.91 Å². The second-order valence-corrected chi connectivity index (χ2v) is 7.55. The molecule has 1 fully saturated rings. The Morgan fingerprint density at radius 1 is 1.43 bits per heavy atom. The van der Waals surface area contributed by atoms with Crippen LogP contribution in [0.5, 0.6) is 0 Å². The number of thioether (sulfide) groups is 1. The van der Waals surface area contributed by atoms with Gasteiger partial charge in [-0.15, -0.1) is 11.3 Å². The number of hydrogen-bond donors (Lipinski definition) is 1. The summed E-state index contributed by atoms with van der Waals surface area (Å²) in [7, 11) is 0. The molecule has 6 nitrogen and oxygen atoms in total. The van der Waals surface area contributed by atoms with Gasteiger partial charge in [0.1, 0.15) is 6.04 Å². The van der Waals surface area contributed by atoms with Gasteiger partial charge in [0.25, 0.3) is 0 Å². The van der Waals surface area contributed by atoms with Crippen molar-refractivity contribution in [3.05, 3.63) is 22.4 Å². The molecule has 1 amide bonds. The van der Waals surface area contributed by atoms with E-state index in [4.69, 9.17) is 5.11 Å². The fraction of sp³-hybridized carbons (Fsp3) is 0.467. The van der Waals surface area contributed by atoms with Crippen molar-refractivity contribution >= 4 is 45.9 Å². The quantitative estimate of drug-likeness (QED) is 0.785. The minimum Gasteiger partial charge on any atom is -0.480 e. The van der Waals surface area contributed by atoms with Gasteiger partial charge in [0.15, 0.2) is 10.9 Å². The molecule has 2 heterocycles. The van der Waals surface area contributed by atoms with Crippen LogP contribution in [0.2, 0.25) is 0 Å². The van der Waals surface area contributed by atoms with Crippen LogP contribution in [0.25, 0.3) is 0 Å². The van der Waals surface area contributed by atoms with Gasteiger partial charge in [0.05, 0.1) is 10.1 Å². The van der Waals surface area contributed by atoms with Crippen LogP contribution in [0.4, 0.5) is 0 Å². The topological polar surface area (TPSA) is 91.8 Å². The highest BCUT2D eigenvalue weighted by Crippen LogP contribution is 2.26. The molecule has 1 aromatic heterocycles. The normalized spacial score (nSPS) is 18.7. The molecule has 1 saturated heterocycles. The van der Waals surface area contributed by atoms with Gasteiger partial charge >= 0.3 is 5.97 Å². The second-order valence-electron chi connectivity index (χ2n) is 5.23. The zero-order valence-corrected chi connectivity index (χ0v) is 14.2. The van der Waals surface area contributed by atoms with Gasteiger partial charge in [-0.2, -0.15) is 0 Å². The molecule has 2 rings (SSSR count). The fourth-order valence-electron chi connectivity index (χ4n) is 2.56. The van der Waals surface area contributed by atoms with Gasteiger partial charge in [0, 0.05) is 19.9 Å². The van der Waals surface area contributed by atoms with Gasteiger partial charge in [-0.05, 0) is 24.3 Å². The monoisotopic (exact) mass is 355 g/mol. The predicted molar refractivity (Wildman–Crippen MR) is 87.7 cm³/mol. The first-order valence-corrected chi connectivity index (χ1v) is 8.93. The number of thiophene rings is 1. The summed E-state index contributed by atoms with van der Waals surface area (Å²) in [5.74, 6) is -1.69. The van der Waals surface area contributed by atoms with Gasteiger partial charge in [-0.1, -0.05) is 17.8 Å². The van der Waals surface area contributed by atoms with Crippen molar-refractivity contribution in [2.24, 2.45) is 0 Å². The average molecular weight is 355 g/mol. The Morgan fingerprint density at radius 3 is 2.74 bits per heavy atom. The molecule has 2 atom stereocenters. The number of aliphatic carboxylic acids is 1. The van der Waals surface area contributed by atoms with Crippen molar-refractivity contribution in [3.8, 4) is 0 Å². The number of carbonyl (C=O) groups excluding carboxylic acids is 3. The number of carboxylic acid groups (broad SMARTS) is 1. The van der Waals surface area contributed by atoms with E-state index >= 15 is 0 Å². The van der Waals surface area contributed by atoms with Crippen LogP contribution < -0.4 is 0 Å². The Labute approximate surface area is 141 Å². The highest BCUT2D eigenvalue weighted by molar-refractivity contribution is 8.14. The van der Waals surface area contributed by atoms with Crippen molar-refractivity contribution < 1.29 is 24.3 Å². The largest absolute Gasteiger partial charge is 0.480 e. The molecule has 0 radical (unpaired) electrons. The summed E-state index contributed by atoms with van der Waals surface area (Å²) in [4.78, 5) is 49.3. The highest BCUT2D eigenvalue weighted by Gasteiger charge is 2.36. The molecule has 8 heteroatoms.